The Labute approximate surface area is 157 Å². The van der Waals surface area contributed by atoms with Crippen LogP contribution in [0.25, 0.3) is 0 Å². The van der Waals surface area contributed by atoms with E-state index in [0.29, 0.717) is 11.4 Å². The molecule has 0 bridgehead atoms. The smallest absolute Gasteiger partial charge is 0.262 e. The molecular weight excluding hydrogens is 346 g/mol. The third kappa shape index (κ3) is 4.63. The molecule has 1 atom stereocenters. The fourth-order valence-electron chi connectivity index (χ4n) is 2.94. The predicted octanol–water partition coefficient (Wildman–Crippen LogP) is 1.85. The van der Waals surface area contributed by atoms with E-state index in [4.69, 9.17) is 10.5 Å². The zero-order valence-corrected chi connectivity index (χ0v) is 15.0. The molecule has 7 nitrogen and oxygen atoms in total. The van der Waals surface area contributed by atoms with E-state index >= 15 is 0 Å². The number of ether oxygens (including phenoxy) is 1. The number of carbonyl (C=O) groups is 3. The topological polar surface area (TPSA) is 102 Å². The van der Waals surface area contributed by atoms with Crippen molar-refractivity contribution in [1.29, 1.82) is 0 Å². The Bertz CT molecular complexity index is 864. The molecule has 0 aromatic heterocycles. The highest BCUT2D eigenvalue weighted by Crippen LogP contribution is 2.26. The summed E-state index contributed by atoms with van der Waals surface area (Å²) in [5, 5.41) is 2.77. The average Bonchev–Trinajstić information content (AvgIpc) is 3.02. The highest BCUT2D eigenvalue weighted by atomic mass is 16.5. The van der Waals surface area contributed by atoms with Gasteiger partial charge in [0.15, 0.2) is 6.61 Å². The summed E-state index contributed by atoms with van der Waals surface area (Å²) in [4.78, 5) is 36.8. The quantitative estimate of drug-likeness (QED) is 0.813. The molecule has 2 aromatic carbocycles. The van der Waals surface area contributed by atoms with Crippen molar-refractivity contribution in [2.75, 3.05) is 23.4 Å². The van der Waals surface area contributed by atoms with Crippen LogP contribution in [0, 0.1) is 12.8 Å². The lowest BCUT2D eigenvalue weighted by Gasteiger charge is -2.16. The first-order chi connectivity index (χ1) is 12.9. The lowest BCUT2D eigenvalue weighted by atomic mass is 10.1. The first-order valence-electron chi connectivity index (χ1n) is 8.61. The third-order valence-corrected chi connectivity index (χ3v) is 4.35. The number of aryl methyl sites for hydroxylation is 1. The molecule has 0 aliphatic carbocycles. The Morgan fingerprint density at radius 3 is 2.59 bits per heavy atom. The zero-order valence-electron chi connectivity index (χ0n) is 15.0. The summed E-state index contributed by atoms with van der Waals surface area (Å²) in [5.41, 5.74) is 7.72. The number of hydrogen-bond donors (Lipinski definition) is 2. The summed E-state index contributed by atoms with van der Waals surface area (Å²) in [6, 6.07) is 14.3. The first kappa shape index (κ1) is 18.4. The van der Waals surface area contributed by atoms with E-state index in [2.05, 4.69) is 5.32 Å². The van der Waals surface area contributed by atoms with Crippen molar-refractivity contribution in [3.05, 3.63) is 54.1 Å². The molecule has 1 aliphatic rings. The number of carbonyl (C=O) groups excluding carboxylic acids is 3. The van der Waals surface area contributed by atoms with Crippen molar-refractivity contribution in [3.63, 3.8) is 0 Å². The SMILES string of the molecule is Cc1cccc(NC(=O)COc2ccc(N3C[C@@H](C(N)=O)CC3=O)cc2)c1. The van der Waals surface area contributed by atoms with Gasteiger partial charge in [0.2, 0.25) is 11.8 Å². The molecule has 1 aliphatic heterocycles. The lowest BCUT2D eigenvalue weighted by Crippen LogP contribution is -2.28. The van der Waals surface area contributed by atoms with E-state index in [9.17, 15) is 14.4 Å². The molecule has 3 rings (SSSR count). The maximum Gasteiger partial charge on any atom is 0.262 e. The van der Waals surface area contributed by atoms with Crippen molar-refractivity contribution in [3.8, 4) is 5.75 Å². The first-order valence-corrected chi connectivity index (χ1v) is 8.61. The number of benzene rings is 2. The molecule has 0 spiro atoms. The number of nitrogens with one attached hydrogen (secondary N) is 1. The van der Waals surface area contributed by atoms with Crippen LogP contribution in [0.4, 0.5) is 11.4 Å². The molecular formula is C20H21N3O4. The summed E-state index contributed by atoms with van der Waals surface area (Å²) < 4.78 is 5.48. The highest BCUT2D eigenvalue weighted by molar-refractivity contribution is 6.00. The Morgan fingerprint density at radius 1 is 1.22 bits per heavy atom. The molecule has 7 heteroatoms. The van der Waals surface area contributed by atoms with E-state index in [0.717, 1.165) is 11.3 Å². The summed E-state index contributed by atoms with van der Waals surface area (Å²) in [5.74, 6) is -0.811. The van der Waals surface area contributed by atoms with E-state index in [1.807, 2.05) is 31.2 Å². The Morgan fingerprint density at radius 2 is 1.96 bits per heavy atom. The van der Waals surface area contributed by atoms with Gasteiger partial charge < -0.3 is 20.7 Å². The minimum Gasteiger partial charge on any atom is -0.484 e. The van der Waals surface area contributed by atoms with Crippen LogP contribution in [0.5, 0.6) is 5.75 Å². The van der Waals surface area contributed by atoms with Gasteiger partial charge in [0.25, 0.3) is 5.91 Å². The molecule has 0 saturated carbocycles. The number of anilines is 2. The second kappa shape index (κ2) is 7.90. The van der Waals surface area contributed by atoms with Gasteiger partial charge in [-0.05, 0) is 48.9 Å². The minimum absolute atomic E-state index is 0.125. The Kier molecular flexibility index (Phi) is 5.40. The monoisotopic (exact) mass is 367 g/mol. The second-order valence-corrected chi connectivity index (χ2v) is 6.51. The van der Waals surface area contributed by atoms with Crippen LogP contribution in [-0.2, 0) is 14.4 Å². The van der Waals surface area contributed by atoms with Crippen LogP contribution in [0.3, 0.4) is 0 Å². The van der Waals surface area contributed by atoms with Gasteiger partial charge in [0, 0.05) is 24.3 Å². The lowest BCUT2D eigenvalue weighted by molar-refractivity contribution is -0.123. The molecule has 0 unspecified atom stereocenters. The van der Waals surface area contributed by atoms with Crippen LogP contribution < -0.4 is 20.7 Å². The number of nitrogens with two attached hydrogens (primary N) is 1. The van der Waals surface area contributed by atoms with Gasteiger partial charge in [-0.1, -0.05) is 12.1 Å². The molecule has 1 saturated heterocycles. The molecule has 2 aromatic rings. The number of primary amides is 1. The standard InChI is InChI=1S/C20H21N3O4/c1-13-3-2-4-15(9-13)22-18(24)12-27-17-7-5-16(6-8-17)23-11-14(20(21)26)10-19(23)25/h2-9,14H,10-12H2,1H3,(H2,21,26)(H,22,24)/t14-/m0/s1. The van der Waals surface area contributed by atoms with Crippen molar-refractivity contribution in [1.82, 2.24) is 0 Å². The predicted molar refractivity (Wildman–Crippen MR) is 101 cm³/mol. The summed E-state index contributed by atoms with van der Waals surface area (Å²) in [6.07, 6.45) is 0.132. The van der Waals surface area contributed by atoms with Crippen molar-refractivity contribution >= 4 is 29.1 Å². The van der Waals surface area contributed by atoms with E-state index in [1.165, 1.54) is 4.90 Å². The van der Waals surface area contributed by atoms with Crippen molar-refractivity contribution < 1.29 is 19.1 Å². The van der Waals surface area contributed by atoms with Gasteiger partial charge in [-0.25, -0.2) is 0 Å². The normalized spacial score (nSPS) is 16.3. The fraction of sp³-hybridized carbons (Fsp3) is 0.250. The van der Waals surface area contributed by atoms with Gasteiger partial charge in [0.1, 0.15) is 5.75 Å². The molecule has 1 fully saturated rings. The zero-order chi connectivity index (χ0) is 19.4. The van der Waals surface area contributed by atoms with Gasteiger partial charge in [0.05, 0.1) is 5.92 Å². The average molecular weight is 367 g/mol. The molecule has 27 heavy (non-hydrogen) atoms. The summed E-state index contributed by atoms with van der Waals surface area (Å²) in [7, 11) is 0. The van der Waals surface area contributed by atoms with Gasteiger partial charge >= 0.3 is 0 Å². The Balaban J connectivity index is 1.54. The maximum atomic E-state index is 12.0. The van der Waals surface area contributed by atoms with Crippen LogP contribution in [0.2, 0.25) is 0 Å². The molecule has 140 valence electrons. The van der Waals surface area contributed by atoms with Crippen molar-refractivity contribution in [2.24, 2.45) is 11.7 Å². The minimum atomic E-state index is -0.467. The second-order valence-electron chi connectivity index (χ2n) is 6.51. The van der Waals surface area contributed by atoms with Crippen molar-refractivity contribution in [2.45, 2.75) is 13.3 Å². The van der Waals surface area contributed by atoms with Crippen LogP contribution in [0.15, 0.2) is 48.5 Å². The highest BCUT2D eigenvalue weighted by Gasteiger charge is 2.33. The molecule has 1 heterocycles. The largest absolute Gasteiger partial charge is 0.484 e. The Hall–Kier alpha value is -3.35. The van der Waals surface area contributed by atoms with Crippen LogP contribution in [0.1, 0.15) is 12.0 Å². The summed E-state index contributed by atoms with van der Waals surface area (Å²) >= 11 is 0. The molecule has 3 amide bonds. The van der Waals surface area contributed by atoms with E-state index in [1.54, 1.807) is 24.3 Å². The maximum absolute atomic E-state index is 12.0. The third-order valence-electron chi connectivity index (χ3n) is 4.35. The molecule has 3 N–H and O–H groups in total. The number of rotatable bonds is 6. The van der Waals surface area contributed by atoms with Gasteiger partial charge in [-0.15, -0.1) is 0 Å². The number of hydrogen-bond acceptors (Lipinski definition) is 4. The van der Waals surface area contributed by atoms with Gasteiger partial charge in [-0.2, -0.15) is 0 Å². The number of amides is 3. The fourth-order valence-corrected chi connectivity index (χ4v) is 2.94. The van der Waals surface area contributed by atoms with Crippen LogP contribution in [-0.4, -0.2) is 30.9 Å². The van der Waals surface area contributed by atoms with Gasteiger partial charge in [-0.3, -0.25) is 14.4 Å². The molecule has 0 radical (unpaired) electrons. The number of nitrogens with zero attached hydrogens (tertiary/aromatic N) is 1. The van der Waals surface area contributed by atoms with E-state index < -0.39 is 11.8 Å². The summed E-state index contributed by atoms with van der Waals surface area (Å²) in [6.45, 7) is 2.11. The van der Waals surface area contributed by atoms with Crippen LogP contribution >= 0.6 is 0 Å². The van der Waals surface area contributed by atoms with E-state index in [-0.39, 0.29) is 31.4 Å².